The monoisotopic (exact) mass is 140 g/mol. The summed E-state index contributed by atoms with van der Waals surface area (Å²) in [5, 5.41) is 0. The molecule has 0 atom stereocenters. The molecule has 1 aromatic rings. The van der Waals surface area contributed by atoms with Crippen LogP contribution in [0.2, 0.25) is 0 Å². The number of aryl methyl sites for hydroxylation is 1. The Bertz CT molecular complexity index is 168. The highest BCUT2D eigenvalue weighted by Gasteiger charge is 1.87. The number of nitrogens with two attached hydrogens (primary N) is 1. The van der Waals surface area contributed by atoms with Crippen LogP contribution in [0.5, 0.6) is 0 Å². The van der Waals surface area contributed by atoms with E-state index in [2.05, 4.69) is 4.98 Å². The quantitative estimate of drug-likeness (QED) is 0.613. The minimum Gasteiger partial charge on any atom is -0.361 e. The van der Waals surface area contributed by atoms with Crippen molar-refractivity contribution in [1.29, 1.82) is 0 Å². The fraction of sp³-hybridized carbons (Fsp3) is 0.500. The number of rotatable bonds is 1. The van der Waals surface area contributed by atoms with Gasteiger partial charge in [0.15, 0.2) is 0 Å². The van der Waals surface area contributed by atoms with Crippen LogP contribution in [0.4, 0.5) is 0 Å². The summed E-state index contributed by atoms with van der Waals surface area (Å²) >= 11 is 0. The van der Waals surface area contributed by atoms with Gasteiger partial charge >= 0.3 is 0 Å². The number of aromatic nitrogens is 1. The maximum absolute atomic E-state index is 5.33. The number of hydrogen-bond acceptors (Lipinski definition) is 1. The molecule has 0 radical (unpaired) electrons. The maximum Gasteiger partial charge on any atom is 0.0332 e. The summed E-state index contributed by atoms with van der Waals surface area (Å²) in [7, 11) is 0. The Morgan fingerprint density at radius 1 is 1.40 bits per heavy atom. The summed E-state index contributed by atoms with van der Waals surface area (Å²) in [5.74, 6) is 0. The summed E-state index contributed by atoms with van der Waals surface area (Å²) in [6.07, 6.45) is 0. The molecule has 2 heteroatoms. The third kappa shape index (κ3) is 2.69. The predicted octanol–water partition coefficient (Wildman–Crippen LogP) is 1.81. The first-order valence-electron chi connectivity index (χ1n) is 3.67. The molecule has 0 fully saturated rings. The maximum atomic E-state index is 5.33. The van der Waals surface area contributed by atoms with Crippen LogP contribution in [-0.2, 0) is 6.54 Å². The summed E-state index contributed by atoms with van der Waals surface area (Å²) < 4.78 is 0. The van der Waals surface area contributed by atoms with Gasteiger partial charge in [0, 0.05) is 17.9 Å². The van der Waals surface area contributed by atoms with Gasteiger partial charge in [0.2, 0.25) is 0 Å². The Balaban J connectivity index is 0.000000371. The first-order chi connectivity index (χ1) is 4.83. The second-order valence-corrected chi connectivity index (χ2v) is 1.87. The lowest BCUT2D eigenvalue weighted by Crippen LogP contribution is -1.95. The first kappa shape index (κ1) is 9.24. The molecule has 0 unspecified atom stereocenters. The molecule has 2 nitrogen and oxygen atoms in total. The van der Waals surface area contributed by atoms with E-state index >= 15 is 0 Å². The van der Waals surface area contributed by atoms with Gasteiger partial charge in [0.25, 0.3) is 0 Å². The zero-order valence-corrected chi connectivity index (χ0v) is 6.94. The SMILES string of the molecule is CC.Cc1ccc(CN)[nH]1. The Morgan fingerprint density at radius 3 is 2.20 bits per heavy atom. The second-order valence-electron chi connectivity index (χ2n) is 1.87. The molecule has 1 rings (SSSR count). The highest BCUT2D eigenvalue weighted by atomic mass is 14.7. The van der Waals surface area contributed by atoms with Gasteiger partial charge in [0.1, 0.15) is 0 Å². The third-order valence-electron chi connectivity index (χ3n) is 1.11. The van der Waals surface area contributed by atoms with Crippen molar-refractivity contribution in [3.63, 3.8) is 0 Å². The van der Waals surface area contributed by atoms with Crippen molar-refractivity contribution >= 4 is 0 Å². The summed E-state index contributed by atoms with van der Waals surface area (Å²) in [4.78, 5) is 3.10. The van der Waals surface area contributed by atoms with Crippen LogP contribution < -0.4 is 5.73 Å². The lowest BCUT2D eigenvalue weighted by Gasteiger charge is -1.85. The van der Waals surface area contributed by atoms with Gasteiger partial charge in [-0.05, 0) is 19.1 Å². The third-order valence-corrected chi connectivity index (χ3v) is 1.11. The van der Waals surface area contributed by atoms with E-state index in [0.717, 1.165) is 5.69 Å². The smallest absolute Gasteiger partial charge is 0.0332 e. The van der Waals surface area contributed by atoms with E-state index in [4.69, 9.17) is 5.73 Å². The largest absolute Gasteiger partial charge is 0.361 e. The minimum atomic E-state index is 0.605. The van der Waals surface area contributed by atoms with E-state index in [1.165, 1.54) is 5.69 Å². The zero-order valence-electron chi connectivity index (χ0n) is 6.94. The molecule has 0 aliphatic rings. The topological polar surface area (TPSA) is 41.8 Å². The molecule has 1 heterocycles. The molecule has 0 aromatic carbocycles. The van der Waals surface area contributed by atoms with Crippen molar-refractivity contribution in [2.45, 2.75) is 27.3 Å². The molecule has 0 aliphatic carbocycles. The van der Waals surface area contributed by atoms with Gasteiger partial charge in [-0.15, -0.1) is 0 Å². The molecule has 58 valence electrons. The normalized spacial score (nSPS) is 8.40. The van der Waals surface area contributed by atoms with Crippen LogP contribution in [0.15, 0.2) is 12.1 Å². The Morgan fingerprint density at radius 2 is 2.00 bits per heavy atom. The van der Waals surface area contributed by atoms with Gasteiger partial charge < -0.3 is 10.7 Å². The molecule has 0 saturated carbocycles. The molecule has 0 aliphatic heterocycles. The van der Waals surface area contributed by atoms with Crippen LogP contribution in [0, 0.1) is 6.92 Å². The van der Waals surface area contributed by atoms with E-state index in [1.807, 2.05) is 32.9 Å². The van der Waals surface area contributed by atoms with Crippen LogP contribution in [0.1, 0.15) is 25.2 Å². The number of aromatic amines is 1. The standard InChI is InChI=1S/C6H10N2.C2H6/c1-5-2-3-6(4-7)8-5;1-2/h2-3,8H,4,7H2,1H3;1-2H3. The fourth-order valence-electron chi connectivity index (χ4n) is 0.681. The van der Waals surface area contributed by atoms with Crippen molar-refractivity contribution < 1.29 is 0 Å². The van der Waals surface area contributed by atoms with Crippen molar-refractivity contribution in [2.75, 3.05) is 0 Å². The first-order valence-corrected chi connectivity index (χ1v) is 3.67. The van der Waals surface area contributed by atoms with Crippen molar-refractivity contribution in [3.8, 4) is 0 Å². The summed E-state index contributed by atoms with van der Waals surface area (Å²) in [6.45, 7) is 6.62. The number of H-pyrrole nitrogens is 1. The van der Waals surface area contributed by atoms with Crippen LogP contribution in [-0.4, -0.2) is 4.98 Å². The van der Waals surface area contributed by atoms with E-state index in [0.29, 0.717) is 6.54 Å². The van der Waals surface area contributed by atoms with Gasteiger partial charge in [-0.2, -0.15) is 0 Å². The Labute approximate surface area is 62.4 Å². The van der Waals surface area contributed by atoms with E-state index in [1.54, 1.807) is 0 Å². The van der Waals surface area contributed by atoms with Gasteiger partial charge in [0.05, 0.1) is 0 Å². The van der Waals surface area contributed by atoms with Crippen LogP contribution in [0.3, 0.4) is 0 Å². The molecule has 1 aromatic heterocycles. The van der Waals surface area contributed by atoms with Crippen molar-refractivity contribution in [2.24, 2.45) is 5.73 Å². The Hall–Kier alpha value is -0.760. The number of nitrogens with one attached hydrogen (secondary N) is 1. The summed E-state index contributed by atoms with van der Waals surface area (Å²) in [5.41, 5.74) is 7.60. The predicted molar refractivity (Wildman–Crippen MR) is 44.8 cm³/mol. The van der Waals surface area contributed by atoms with Crippen LogP contribution in [0.25, 0.3) is 0 Å². The fourth-order valence-corrected chi connectivity index (χ4v) is 0.681. The Kier molecular flexibility index (Phi) is 4.67. The molecule has 0 saturated heterocycles. The molecule has 10 heavy (non-hydrogen) atoms. The summed E-state index contributed by atoms with van der Waals surface area (Å²) in [6, 6.07) is 4.01. The van der Waals surface area contributed by atoms with Crippen LogP contribution >= 0.6 is 0 Å². The highest BCUT2D eigenvalue weighted by Crippen LogP contribution is 1.96. The number of hydrogen-bond donors (Lipinski definition) is 2. The molecule has 0 bridgehead atoms. The molecular formula is C8H16N2. The minimum absolute atomic E-state index is 0.605. The van der Waals surface area contributed by atoms with E-state index in [9.17, 15) is 0 Å². The van der Waals surface area contributed by atoms with Gasteiger partial charge in [-0.1, -0.05) is 13.8 Å². The van der Waals surface area contributed by atoms with Crippen molar-refractivity contribution in [1.82, 2.24) is 4.98 Å². The van der Waals surface area contributed by atoms with E-state index < -0.39 is 0 Å². The van der Waals surface area contributed by atoms with Gasteiger partial charge in [-0.3, -0.25) is 0 Å². The van der Waals surface area contributed by atoms with E-state index in [-0.39, 0.29) is 0 Å². The average molecular weight is 140 g/mol. The van der Waals surface area contributed by atoms with Crippen molar-refractivity contribution in [3.05, 3.63) is 23.5 Å². The lowest BCUT2D eigenvalue weighted by molar-refractivity contribution is 0.999. The molecule has 0 amide bonds. The molecule has 3 N–H and O–H groups in total. The second kappa shape index (κ2) is 5.06. The highest BCUT2D eigenvalue weighted by molar-refractivity contribution is 5.10. The lowest BCUT2D eigenvalue weighted by atomic mass is 10.4. The zero-order chi connectivity index (χ0) is 7.98. The average Bonchev–Trinajstić information content (AvgIpc) is 2.40. The van der Waals surface area contributed by atoms with Gasteiger partial charge in [-0.25, -0.2) is 0 Å². The molecule has 0 spiro atoms. The molecular weight excluding hydrogens is 124 g/mol.